The molecular formula is C14H26N2. The highest BCUT2D eigenvalue weighted by Crippen LogP contribution is 2.34. The fraction of sp³-hybridized carbons (Fsp3) is 1.00. The molecule has 2 saturated heterocycles. The van der Waals surface area contributed by atoms with Gasteiger partial charge in [0.15, 0.2) is 0 Å². The molecule has 1 N–H and O–H groups in total. The first-order valence-corrected chi connectivity index (χ1v) is 7.29. The normalized spacial score (nSPS) is 41.4. The molecule has 0 aromatic carbocycles. The third-order valence-electron chi connectivity index (χ3n) is 5.27. The van der Waals surface area contributed by atoms with Gasteiger partial charge in [-0.05, 0) is 50.6 Å². The first-order valence-electron chi connectivity index (χ1n) is 7.29. The van der Waals surface area contributed by atoms with Crippen molar-refractivity contribution in [2.45, 2.75) is 45.1 Å². The second kappa shape index (κ2) is 4.66. The molecule has 3 rings (SSSR count). The summed E-state index contributed by atoms with van der Waals surface area (Å²) < 4.78 is 0. The molecule has 3 unspecified atom stereocenters. The van der Waals surface area contributed by atoms with Crippen molar-refractivity contribution in [3.63, 3.8) is 0 Å². The topological polar surface area (TPSA) is 15.3 Å². The SMILES string of the molecule is CC1C2CNCC2CN1CC1CCCCC1. The maximum Gasteiger partial charge on any atom is 0.0111 e. The second-order valence-corrected chi connectivity index (χ2v) is 6.28. The number of likely N-dealkylation sites (tertiary alicyclic amines) is 1. The minimum atomic E-state index is 0.835. The number of rotatable bonds is 2. The van der Waals surface area contributed by atoms with E-state index >= 15 is 0 Å². The van der Waals surface area contributed by atoms with Gasteiger partial charge in [0.1, 0.15) is 0 Å². The Morgan fingerprint density at radius 2 is 1.94 bits per heavy atom. The van der Waals surface area contributed by atoms with Crippen molar-refractivity contribution in [2.75, 3.05) is 26.2 Å². The number of hydrogen-bond donors (Lipinski definition) is 1. The second-order valence-electron chi connectivity index (χ2n) is 6.28. The van der Waals surface area contributed by atoms with Gasteiger partial charge in [-0.1, -0.05) is 19.3 Å². The Balaban J connectivity index is 1.55. The molecule has 0 spiro atoms. The van der Waals surface area contributed by atoms with Crippen LogP contribution in [0.1, 0.15) is 39.0 Å². The van der Waals surface area contributed by atoms with Gasteiger partial charge in [-0.25, -0.2) is 0 Å². The Hall–Kier alpha value is -0.0800. The largest absolute Gasteiger partial charge is 0.316 e. The average molecular weight is 222 g/mol. The molecule has 3 aliphatic rings. The molecular weight excluding hydrogens is 196 g/mol. The van der Waals surface area contributed by atoms with E-state index in [0.29, 0.717) is 0 Å². The Bertz CT molecular complexity index is 235. The van der Waals surface area contributed by atoms with E-state index in [2.05, 4.69) is 17.1 Å². The number of nitrogens with zero attached hydrogens (tertiary/aromatic N) is 1. The fourth-order valence-electron chi connectivity index (χ4n) is 4.20. The number of fused-ring (bicyclic) bond motifs is 1. The Morgan fingerprint density at radius 3 is 2.69 bits per heavy atom. The van der Waals surface area contributed by atoms with Crippen molar-refractivity contribution in [1.82, 2.24) is 10.2 Å². The predicted octanol–water partition coefficient (Wildman–Crippen LogP) is 2.11. The molecule has 0 aromatic rings. The fourth-order valence-corrected chi connectivity index (χ4v) is 4.20. The van der Waals surface area contributed by atoms with Crippen LogP contribution in [-0.4, -0.2) is 37.1 Å². The van der Waals surface area contributed by atoms with Crippen molar-refractivity contribution in [3.8, 4) is 0 Å². The van der Waals surface area contributed by atoms with Gasteiger partial charge >= 0.3 is 0 Å². The zero-order valence-corrected chi connectivity index (χ0v) is 10.6. The van der Waals surface area contributed by atoms with Crippen LogP contribution in [0.15, 0.2) is 0 Å². The molecule has 1 aliphatic carbocycles. The van der Waals surface area contributed by atoms with Crippen LogP contribution in [0.5, 0.6) is 0 Å². The van der Waals surface area contributed by atoms with Gasteiger partial charge in [-0.3, -0.25) is 4.90 Å². The molecule has 1 saturated carbocycles. The van der Waals surface area contributed by atoms with E-state index in [1.807, 2.05) is 0 Å². The molecule has 2 aliphatic heterocycles. The van der Waals surface area contributed by atoms with Crippen molar-refractivity contribution in [1.29, 1.82) is 0 Å². The monoisotopic (exact) mass is 222 g/mol. The van der Waals surface area contributed by atoms with Crippen LogP contribution >= 0.6 is 0 Å². The van der Waals surface area contributed by atoms with Gasteiger partial charge in [-0.15, -0.1) is 0 Å². The summed E-state index contributed by atoms with van der Waals surface area (Å²) in [5, 5.41) is 3.55. The minimum Gasteiger partial charge on any atom is -0.316 e. The average Bonchev–Trinajstić information content (AvgIpc) is 2.86. The van der Waals surface area contributed by atoms with E-state index in [1.54, 1.807) is 0 Å². The molecule has 0 radical (unpaired) electrons. The van der Waals surface area contributed by atoms with Gasteiger partial charge in [0.2, 0.25) is 0 Å². The highest BCUT2D eigenvalue weighted by molar-refractivity contribution is 4.97. The van der Waals surface area contributed by atoms with Crippen LogP contribution in [0.2, 0.25) is 0 Å². The molecule has 2 heterocycles. The maximum atomic E-state index is 3.55. The molecule has 3 fully saturated rings. The summed E-state index contributed by atoms with van der Waals surface area (Å²) in [7, 11) is 0. The lowest BCUT2D eigenvalue weighted by Crippen LogP contribution is -2.37. The summed E-state index contributed by atoms with van der Waals surface area (Å²) in [6.45, 7) is 7.77. The molecule has 0 bridgehead atoms. The molecule has 16 heavy (non-hydrogen) atoms. The first kappa shape index (κ1) is 11.0. The van der Waals surface area contributed by atoms with E-state index in [1.165, 1.54) is 58.3 Å². The molecule has 0 aromatic heterocycles. The van der Waals surface area contributed by atoms with Crippen LogP contribution in [0.25, 0.3) is 0 Å². The molecule has 0 amide bonds. The van der Waals surface area contributed by atoms with Crippen LogP contribution < -0.4 is 5.32 Å². The summed E-state index contributed by atoms with van der Waals surface area (Å²) >= 11 is 0. The van der Waals surface area contributed by atoms with Crippen molar-refractivity contribution >= 4 is 0 Å². The summed E-state index contributed by atoms with van der Waals surface area (Å²) in [6.07, 6.45) is 7.46. The lowest BCUT2D eigenvalue weighted by Gasteiger charge is -2.30. The van der Waals surface area contributed by atoms with Gasteiger partial charge < -0.3 is 5.32 Å². The van der Waals surface area contributed by atoms with Crippen molar-refractivity contribution < 1.29 is 0 Å². The zero-order chi connectivity index (χ0) is 11.0. The van der Waals surface area contributed by atoms with E-state index in [4.69, 9.17) is 0 Å². The Labute approximate surface area is 99.8 Å². The molecule has 2 heteroatoms. The van der Waals surface area contributed by atoms with E-state index in [9.17, 15) is 0 Å². The van der Waals surface area contributed by atoms with Crippen LogP contribution in [0, 0.1) is 17.8 Å². The van der Waals surface area contributed by atoms with E-state index in [0.717, 1.165) is 23.8 Å². The van der Waals surface area contributed by atoms with E-state index < -0.39 is 0 Å². The van der Waals surface area contributed by atoms with Crippen LogP contribution in [-0.2, 0) is 0 Å². The van der Waals surface area contributed by atoms with Crippen LogP contribution in [0.3, 0.4) is 0 Å². The predicted molar refractivity (Wildman–Crippen MR) is 67.5 cm³/mol. The molecule has 3 atom stereocenters. The van der Waals surface area contributed by atoms with Gasteiger partial charge in [-0.2, -0.15) is 0 Å². The number of nitrogens with one attached hydrogen (secondary N) is 1. The highest BCUT2D eigenvalue weighted by Gasteiger charge is 2.41. The maximum absolute atomic E-state index is 3.55. The van der Waals surface area contributed by atoms with Gasteiger partial charge in [0.25, 0.3) is 0 Å². The minimum absolute atomic E-state index is 0.835. The standard InChI is InChI=1S/C14H26N2/c1-11-14-8-15-7-13(14)10-16(11)9-12-5-3-2-4-6-12/h11-15H,2-10H2,1H3. The van der Waals surface area contributed by atoms with Gasteiger partial charge in [0.05, 0.1) is 0 Å². The van der Waals surface area contributed by atoms with Crippen LogP contribution in [0.4, 0.5) is 0 Å². The number of hydrogen-bond acceptors (Lipinski definition) is 2. The first-order chi connectivity index (χ1) is 7.84. The summed E-state index contributed by atoms with van der Waals surface area (Å²) in [5.74, 6) is 2.92. The Kier molecular flexibility index (Phi) is 3.21. The quantitative estimate of drug-likeness (QED) is 0.770. The zero-order valence-electron chi connectivity index (χ0n) is 10.6. The summed E-state index contributed by atoms with van der Waals surface area (Å²) in [6, 6.07) is 0.835. The summed E-state index contributed by atoms with van der Waals surface area (Å²) in [5.41, 5.74) is 0. The smallest absolute Gasteiger partial charge is 0.0111 e. The van der Waals surface area contributed by atoms with Gasteiger partial charge in [0, 0.05) is 19.1 Å². The third kappa shape index (κ3) is 2.02. The van der Waals surface area contributed by atoms with Crippen molar-refractivity contribution in [2.24, 2.45) is 17.8 Å². The summed E-state index contributed by atoms with van der Waals surface area (Å²) in [4.78, 5) is 2.80. The third-order valence-corrected chi connectivity index (χ3v) is 5.27. The van der Waals surface area contributed by atoms with Crippen molar-refractivity contribution in [3.05, 3.63) is 0 Å². The highest BCUT2D eigenvalue weighted by atomic mass is 15.2. The molecule has 2 nitrogen and oxygen atoms in total. The lowest BCUT2D eigenvalue weighted by atomic mass is 9.88. The van der Waals surface area contributed by atoms with E-state index in [-0.39, 0.29) is 0 Å². The molecule has 92 valence electrons. The Morgan fingerprint density at radius 1 is 1.12 bits per heavy atom. The lowest BCUT2D eigenvalue weighted by molar-refractivity contribution is 0.179.